The standard InChI is InChI=1S/C21H22N2O3/c1-13-6-4-7-14(2)20(13)23-12-17(11-19(23)25)21(26)22-18-9-5-8-16(10-18)15(3)24/h4-10,17H,11-12H2,1-3H3,(H,22,26). The van der Waals surface area contributed by atoms with Crippen molar-refractivity contribution < 1.29 is 14.4 Å². The zero-order chi connectivity index (χ0) is 18.8. The maximum Gasteiger partial charge on any atom is 0.229 e. The lowest BCUT2D eigenvalue weighted by Gasteiger charge is -2.21. The molecule has 1 N–H and O–H groups in total. The van der Waals surface area contributed by atoms with Crippen LogP contribution in [0.5, 0.6) is 0 Å². The number of rotatable bonds is 4. The Kier molecular flexibility index (Phi) is 4.89. The number of carbonyl (C=O) groups excluding carboxylic acids is 3. The van der Waals surface area contributed by atoms with Gasteiger partial charge in [0.1, 0.15) is 0 Å². The van der Waals surface area contributed by atoms with Crippen molar-refractivity contribution in [3.8, 4) is 0 Å². The van der Waals surface area contributed by atoms with E-state index in [-0.39, 0.29) is 24.0 Å². The lowest BCUT2D eigenvalue weighted by atomic mass is 10.1. The van der Waals surface area contributed by atoms with Gasteiger partial charge in [-0.25, -0.2) is 0 Å². The number of para-hydroxylation sites is 1. The van der Waals surface area contributed by atoms with E-state index in [2.05, 4.69) is 5.32 Å². The molecule has 5 heteroatoms. The minimum atomic E-state index is -0.414. The Hall–Kier alpha value is -2.95. The highest BCUT2D eigenvalue weighted by atomic mass is 16.2. The summed E-state index contributed by atoms with van der Waals surface area (Å²) in [6.07, 6.45) is 0.187. The van der Waals surface area contributed by atoms with Gasteiger partial charge in [0.15, 0.2) is 5.78 Å². The first kappa shape index (κ1) is 17.9. The Balaban J connectivity index is 1.75. The number of Topliss-reactive ketones (excluding diaryl/α,β-unsaturated/α-hetero) is 1. The predicted molar refractivity (Wildman–Crippen MR) is 101 cm³/mol. The monoisotopic (exact) mass is 350 g/mol. The third-order valence-corrected chi connectivity index (χ3v) is 4.74. The summed E-state index contributed by atoms with van der Waals surface area (Å²) in [7, 11) is 0. The van der Waals surface area contributed by atoms with Crippen LogP contribution in [0.3, 0.4) is 0 Å². The van der Waals surface area contributed by atoms with Crippen LogP contribution < -0.4 is 10.2 Å². The van der Waals surface area contributed by atoms with Crippen LogP contribution in [0.1, 0.15) is 34.8 Å². The van der Waals surface area contributed by atoms with Gasteiger partial charge in [-0.05, 0) is 44.0 Å². The second-order valence-corrected chi connectivity index (χ2v) is 6.77. The van der Waals surface area contributed by atoms with Crippen LogP contribution in [0.4, 0.5) is 11.4 Å². The number of anilines is 2. The molecule has 1 atom stereocenters. The Labute approximate surface area is 153 Å². The van der Waals surface area contributed by atoms with Gasteiger partial charge in [0, 0.05) is 29.9 Å². The van der Waals surface area contributed by atoms with Gasteiger partial charge < -0.3 is 10.2 Å². The third-order valence-electron chi connectivity index (χ3n) is 4.74. The summed E-state index contributed by atoms with van der Waals surface area (Å²) in [5, 5.41) is 2.83. The van der Waals surface area contributed by atoms with Crippen molar-refractivity contribution in [3.05, 3.63) is 59.2 Å². The Morgan fingerprint density at radius 3 is 2.38 bits per heavy atom. The molecule has 0 aromatic heterocycles. The van der Waals surface area contributed by atoms with E-state index in [0.717, 1.165) is 16.8 Å². The maximum atomic E-state index is 12.6. The Morgan fingerprint density at radius 2 is 1.73 bits per heavy atom. The van der Waals surface area contributed by atoms with Crippen molar-refractivity contribution in [2.45, 2.75) is 27.2 Å². The topological polar surface area (TPSA) is 66.5 Å². The van der Waals surface area contributed by atoms with Gasteiger partial charge in [0.05, 0.1) is 5.92 Å². The lowest BCUT2D eigenvalue weighted by molar-refractivity contribution is -0.122. The van der Waals surface area contributed by atoms with Gasteiger partial charge in [-0.15, -0.1) is 0 Å². The highest BCUT2D eigenvalue weighted by molar-refractivity contribution is 6.04. The second-order valence-electron chi connectivity index (χ2n) is 6.77. The molecule has 0 saturated carbocycles. The molecule has 1 aliphatic rings. The molecule has 0 bridgehead atoms. The maximum absolute atomic E-state index is 12.6. The number of ketones is 1. The Morgan fingerprint density at radius 1 is 1.08 bits per heavy atom. The summed E-state index contributed by atoms with van der Waals surface area (Å²) >= 11 is 0. The van der Waals surface area contributed by atoms with Gasteiger partial charge in [0.25, 0.3) is 0 Å². The van der Waals surface area contributed by atoms with E-state index in [9.17, 15) is 14.4 Å². The van der Waals surface area contributed by atoms with Gasteiger partial charge in [-0.3, -0.25) is 14.4 Å². The highest BCUT2D eigenvalue weighted by Crippen LogP contribution is 2.31. The number of hydrogen-bond acceptors (Lipinski definition) is 3. The van der Waals surface area contributed by atoms with Gasteiger partial charge in [-0.2, -0.15) is 0 Å². The molecule has 1 fully saturated rings. The van der Waals surface area contributed by atoms with Crippen LogP contribution in [0.25, 0.3) is 0 Å². The van der Waals surface area contributed by atoms with E-state index in [0.29, 0.717) is 17.8 Å². The summed E-state index contributed by atoms with van der Waals surface area (Å²) in [5.41, 5.74) is 4.05. The fourth-order valence-corrected chi connectivity index (χ4v) is 3.39. The first-order valence-corrected chi connectivity index (χ1v) is 8.65. The molecule has 5 nitrogen and oxygen atoms in total. The van der Waals surface area contributed by atoms with Gasteiger partial charge in [0.2, 0.25) is 11.8 Å². The first-order chi connectivity index (χ1) is 12.4. The summed E-state index contributed by atoms with van der Waals surface area (Å²) < 4.78 is 0. The van der Waals surface area contributed by atoms with E-state index in [1.165, 1.54) is 6.92 Å². The molecular weight excluding hydrogens is 328 g/mol. The van der Waals surface area contributed by atoms with E-state index in [4.69, 9.17) is 0 Å². The average molecular weight is 350 g/mol. The molecule has 1 saturated heterocycles. The van der Waals surface area contributed by atoms with Crippen LogP contribution in [0.15, 0.2) is 42.5 Å². The average Bonchev–Trinajstić information content (AvgIpc) is 2.97. The molecule has 134 valence electrons. The third kappa shape index (κ3) is 3.52. The van der Waals surface area contributed by atoms with Crippen molar-refractivity contribution in [1.29, 1.82) is 0 Å². The van der Waals surface area contributed by atoms with Crippen LogP contribution in [-0.2, 0) is 9.59 Å². The number of carbonyl (C=O) groups is 3. The number of aryl methyl sites for hydroxylation is 2. The molecule has 1 aliphatic heterocycles. The molecular formula is C21H22N2O3. The molecule has 0 spiro atoms. The number of nitrogens with zero attached hydrogens (tertiary/aromatic N) is 1. The second kappa shape index (κ2) is 7.12. The minimum absolute atomic E-state index is 0.0416. The summed E-state index contributed by atoms with van der Waals surface area (Å²) in [6, 6.07) is 12.7. The quantitative estimate of drug-likeness (QED) is 0.858. The lowest BCUT2D eigenvalue weighted by Crippen LogP contribution is -2.29. The normalized spacial score (nSPS) is 16.7. The van der Waals surface area contributed by atoms with Gasteiger partial charge >= 0.3 is 0 Å². The fourth-order valence-electron chi connectivity index (χ4n) is 3.39. The van der Waals surface area contributed by atoms with Crippen molar-refractivity contribution in [3.63, 3.8) is 0 Å². The number of benzene rings is 2. The first-order valence-electron chi connectivity index (χ1n) is 8.65. The van der Waals surface area contributed by atoms with Crippen molar-refractivity contribution in [2.24, 2.45) is 5.92 Å². The smallest absolute Gasteiger partial charge is 0.229 e. The van der Waals surface area contributed by atoms with E-state index in [1.54, 1.807) is 29.2 Å². The van der Waals surface area contributed by atoms with Crippen molar-refractivity contribution in [1.82, 2.24) is 0 Å². The molecule has 2 amide bonds. The highest BCUT2D eigenvalue weighted by Gasteiger charge is 2.36. The molecule has 0 radical (unpaired) electrons. The molecule has 2 aromatic rings. The number of hydrogen-bond donors (Lipinski definition) is 1. The molecule has 26 heavy (non-hydrogen) atoms. The zero-order valence-corrected chi connectivity index (χ0v) is 15.2. The van der Waals surface area contributed by atoms with E-state index < -0.39 is 5.92 Å². The molecule has 1 unspecified atom stereocenters. The molecule has 2 aromatic carbocycles. The fraction of sp³-hybridized carbons (Fsp3) is 0.286. The van der Waals surface area contributed by atoms with Crippen LogP contribution in [0, 0.1) is 19.8 Å². The zero-order valence-electron chi connectivity index (χ0n) is 15.2. The van der Waals surface area contributed by atoms with E-state index in [1.807, 2.05) is 32.0 Å². The van der Waals surface area contributed by atoms with Crippen LogP contribution >= 0.6 is 0 Å². The molecule has 3 rings (SSSR count). The molecule has 1 heterocycles. The van der Waals surface area contributed by atoms with E-state index >= 15 is 0 Å². The summed E-state index contributed by atoms with van der Waals surface area (Å²) in [4.78, 5) is 38.3. The summed E-state index contributed by atoms with van der Waals surface area (Å²) in [5.74, 6) is -0.714. The number of nitrogens with one attached hydrogen (secondary N) is 1. The summed E-state index contributed by atoms with van der Waals surface area (Å²) in [6.45, 7) is 5.79. The van der Waals surface area contributed by atoms with Crippen molar-refractivity contribution >= 4 is 29.0 Å². The largest absolute Gasteiger partial charge is 0.326 e. The van der Waals surface area contributed by atoms with Crippen LogP contribution in [-0.4, -0.2) is 24.1 Å². The minimum Gasteiger partial charge on any atom is -0.326 e. The van der Waals surface area contributed by atoms with Crippen LogP contribution in [0.2, 0.25) is 0 Å². The van der Waals surface area contributed by atoms with Gasteiger partial charge in [-0.1, -0.05) is 30.3 Å². The number of amides is 2. The Bertz CT molecular complexity index is 868. The SMILES string of the molecule is CC(=O)c1cccc(NC(=O)C2CC(=O)N(c3c(C)cccc3C)C2)c1. The van der Waals surface area contributed by atoms with Crippen molar-refractivity contribution in [2.75, 3.05) is 16.8 Å². The molecule has 0 aliphatic carbocycles. The predicted octanol–water partition coefficient (Wildman–Crippen LogP) is 3.50.